The number of aromatic nitrogens is 5. The molecule has 4 heterocycles. The standard InChI is InChI=1S/C18H19N7OS/c1-19-14-5-7-20-16(12(14)6-8-26-2)25-18-24-15-4-3-13(23-17(15)27-18)11-9-21-22-10-11/h3-5,7,9-10H,6,8H2,1-2H3,(H,21,22)(H2,19,20,24,25). The highest BCUT2D eigenvalue weighted by Crippen LogP contribution is 2.31. The van der Waals surface area contributed by atoms with E-state index in [1.807, 2.05) is 31.4 Å². The molecule has 4 aromatic rings. The number of nitrogens with zero attached hydrogens (tertiary/aromatic N) is 4. The summed E-state index contributed by atoms with van der Waals surface area (Å²) in [4.78, 5) is 14.7. The zero-order valence-electron chi connectivity index (χ0n) is 15.0. The number of pyridine rings is 2. The molecule has 138 valence electrons. The van der Waals surface area contributed by atoms with Crippen molar-refractivity contribution in [2.75, 3.05) is 31.4 Å². The summed E-state index contributed by atoms with van der Waals surface area (Å²) < 4.78 is 5.23. The van der Waals surface area contributed by atoms with Crippen LogP contribution in [0.15, 0.2) is 36.8 Å². The third kappa shape index (κ3) is 3.60. The highest BCUT2D eigenvalue weighted by Gasteiger charge is 2.13. The second-order valence-corrected chi connectivity index (χ2v) is 6.81. The molecule has 8 nitrogen and oxygen atoms in total. The van der Waals surface area contributed by atoms with Crippen LogP contribution in [0.5, 0.6) is 0 Å². The molecule has 0 fully saturated rings. The molecule has 0 aliphatic rings. The predicted molar refractivity (Wildman–Crippen MR) is 108 cm³/mol. The predicted octanol–water partition coefficient (Wildman–Crippen LogP) is 3.45. The summed E-state index contributed by atoms with van der Waals surface area (Å²) in [5.74, 6) is 0.771. The van der Waals surface area contributed by atoms with Crippen LogP contribution < -0.4 is 10.6 Å². The molecule has 0 bridgehead atoms. The fourth-order valence-corrected chi connectivity index (χ4v) is 3.65. The number of ether oxygens (including phenoxy) is 1. The van der Waals surface area contributed by atoms with E-state index < -0.39 is 0 Å². The fourth-order valence-electron chi connectivity index (χ4n) is 2.82. The van der Waals surface area contributed by atoms with E-state index in [1.54, 1.807) is 19.5 Å². The summed E-state index contributed by atoms with van der Waals surface area (Å²) in [6.07, 6.45) is 6.09. The number of hydrogen-bond acceptors (Lipinski definition) is 8. The number of hydrogen-bond donors (Lipinski definition) is 3. The highest BCUT2D eigenvalue weighted by molar-refractivity contribution is 7.21. The number of methoxy groups -OCH3 is 1. The molecule has 0 aliphatic heterocycles. The quantitative estimate of drug-likeness (QED) is 0.451. The SMILES string of the molecule is CNc1ccnc(Nc2nc3ccc(-c4cn[nH]c4)nc3s2)c1CCOC. The van der Waals surface area contributed by atoms with E-state index >= 15 is 0 Å². The molecule has 27 heavy (non-hydrogen) atoms. The Balaban J connectivity index is 1.65. The van der Waals surface area contributed by atoms with Crippen LogP contribution in [0.1, 0.15) is 5.56 Å². The molecule has 3 N–H and O–H groups in total. The van der Waals surface area contributed by atoms with Gasteiger partial charge in [-0.15, -0.1) is 0 Å². The van der Waals surface area contributed by atoms with Gasteiger partial charge < -0.3 is 15.4 Å². The molecule has 0 unspecified atom stereocenters. The van der Waals surface area contributed by atoms with Gasteiger partial charge in [0.2, 0.25) is 0 Å². The average molecular weight is 381 g/mol. The van der Waals surface area contributed by atoms with Crippen LogP contribution in [-0.4, -0.2) is 45.9 Å². The second kappa shape index (κ2) is 7.68. The molecule has 9 heteroatoms. The van der Waals surface area contributed by atoms with E-state index in [0.29, 0.717) is 6.61 Å². The first-order chi connectivity index (χ1) is 13.3. The number of rotatable bonds is 7. The van der Waals surface area contributed by atoms with Crippen LogP contribution in [-0.2, 0) is 11.2 Å². The molecule has 0 radical (unpaired) electrons. The zero-order chi connectivity index (χ0) is 18.6. The van der Waals surface area contributed by atoms with Gasteiger partial charge in [0.05, 0.1) is 18.5 Å². The van der Waals surface area contributed by atoms with Crippen LogP contribution in [0.4, 0.5) is 16.6 Å². The maximum atomic E-state index is 5.23. The number of thiazole rings is 1. The van der Waals surface area contributed by atoms with E-state index in [0.717, 1.165) is 50.2 Å². The van der Waals surface area contributed by atoms with Crippen molar-refractivity contribution in [3.63, 3.8) is 0 Å². The second-order valence-electron chi connectivity index (χ2n) is 5.83. The van der Waals surface area contributed by atoms with Crippen LogP contribution in [0.25, 0.3) is 21.6 Å². The summed E-state index contributed by atoms with van der Waals surface area (Å²) in [7, 11) is 3.59. The van der Waals surface area contributed by atoms with Crippen molar-refractivity contribution in [1.29, 1.82) is 0 Å². The summed E-state index contributed by atoms with van der Waals surface area (Å²) in [5, 5.41) is 14.1. The highest BCUT2D eigenvalue weighted by atomic mass is 32.1. The van der Waals surface area contributed by atoms with Gasteiger partial charge in [-0.1, -0.05) is 11.3 Å². The van der Waals surface area contributed by atoms with E-state index in [2.05, 4.69) is 35.8 Å². The van der Waals surface area contributed by atoms with Gasteiger partial charge in [0, 0.05) is 49.8 Å². The minimum Gasteiger partial charge on any atom is -0.388 e. The van der Waals surface area contributed by atoms with Crippen molar-refractivity contribution in [3.05, 3.63) is 42.4 Å². The molecule has 4 rings (SSSR count). The molecule has 4 aromatic heterocycles. The largest absolute Gasteiger partial charge is 0.388 e. The number of nitrogens with one attached hydrogen (secondary N) is 3. The number of H-pyrrole nitrogens is 1. The third-order valence-electron chi connectivity index (χ3n) is 4.16. The van der Waals surface area contributed by atoms with Crippen molar-refractivity contribution < 1.29 is 4.74 Å². The number of anilines is 3. The Bertz CT molecular complexity index is 1050. The lowest BCUT2D eigenvalue weighted by atomic mass is 10.1. The fraction of sp³-hybridized carbons (Fsp3) is 0.222. The molecular formula is C18H19N7OS. The van der Waals surface area contributed by atoms with Crippen LogP contribution >= 0.6 is 11.3 Å². The van der Waals surface area contributed by atoms with Crippen LogP contribution in [0.3, 0.4) is 0 Å². The monoisotopic (exact) mass is 381 g/mol. The molecule has 0 saturated carbocycles. The van der Waals surface area contributed by atoms with Crippen molar-refractivity contribution in [2.45, 2.75) is 6.42 Å². The van der Waals surface area contributed by atoms with E-state index in [9.17, 15) is 0 Å². The molecule has 0 atom stereocenters. The maximum absolute atomic E-state index is 5.23. The molecule has 0 aromatic carbocycles. The van der Waals surface area contributed by atoms with Gasteiger partial charge in [0.15, 0.2) is 5.13 Å². The zero-order valence-corrected chi connectivity index (χ0v) is 15.8. The van der Waals surface area contributed by atoms with Gasteiger partial charge in [-0.25, -0.2) is 15.0 Å². The van der Waals surface area contributed by atoms with Crippen LogP contribution in [0, 0.1) is 0 Å². The first kappa shape index (κ1) is 17.4. The van der Waals surface area contributed by atoms with Gasteiger partial charge >= 0.3 is 0 Å². The maximum Gasteiger partial charge on any atom is 0.190 e. The lowest BCUT2D eigenvalue weighted by Crippen LogP contribution is -2.06. The van der Waals surface area contributed by atoms with E-state index in [4.69, 9.17) is 4.74 Å². The Labute approximate surface area is 160 Å². The van der Waals surface area contributed by atoms with Crippen molar-refractivity contribution in [2.24, 2.45) is 0 Å². The van der Waals surface area contributed by atoms with Crippen molar-refractivity contribution in [1.82, 2.24) is 25.1 Å². The Hall–Kier alpha value is -3.04. The Morgan fingerprint density at radius 1 is 1.22 bits per heavy atom. The van der Waals surface area contributed by atoms with Gasteiger partial charge in [-0.05, 0) is 18.2 Å². The molecular weight excluding hydrogens is 362 g/mol. The average Bonchev–Trinajstić information content (AvgIpc) is 3.35. The first-order valence-corrected chi connectivity index (χ1v) is 9.28. The van der Waals surface area contributed by atoms with Gasteiger partial charge in [-0.3, -0.25) is 5.10 Å². The lowest BCUT2D eigenvalue weighted by molar-refractivity contribution is 0.202. The molecule has 0 spiro atoms. The molecule has 0 saturated heterocycles. The smallest absolute Gasteiger partial charge is 0.190 e. The van der Waals surface area contributed by atoms with Gasteiger partial charge in [0.1, 0.15) is 16.2 Å². The van der Waals surface area contributed by atoms with Crippen molar-refractivity contribution >= 4 is 38.3 Å². The summed E-state index contributed by atoms with van der Waals surface area (Å²) >= 11 is 1.49. The first-order valence-electron chi connectivity index (χ1n) is 8.47. The third-order valence-corrected chi connectivity index (χ3v) is 5.04. The Morgan fingerprint density at radius 2 is 2.15 bits per heavy atom. The van der Waals surface area contributed by atoms with Gasteiger partial charge in [0.25, 0.3) is 0 Å². The summed E-state index contributed by atoms with van der Waals surface area (Å²) in [6, 6.07) is 5.86. The molecule has 0 aliphatic carbocycles. The summed E-state index contributed by atoms with van der Waals surface area (Å²) in [5.41, 5.74) is 4.74. The van der Waals surface area contributed by atoms with Gasteiger partial charge in [-0.2, -0.15) is 5.10 Å². The topological polar surface area (TPSA) is 101 Å². The molecule has 0 amide bonds. The van der Waals surface area contributed by atoms with Crippen molar-refractivity contribution in [3.8, 4) is 11.3 Å². The minimum absolute atomic E-state index is 0.616. The number of fused-ring (bicyclic) bond motifs is 1. The summed E-state index contributed by atoms with van der Waals surface area (Å²) in [6.45, 7) is 0.616. The number of aromatic amines is 1. The minimum atomic E-state index is 0.616. The van der Waals surface area contributed by atoms with Crippen LogP contribution in [0.2, 0.25) is 0 Å². The Morgan fingerprint density at radius 3 is 2.93 bits per heavy atom. The normalized spacial score (nSPS) is 11.0. The lowest BCUT2D eigenvalue weighted by Gasteiger charge is -2.13. The Kier molecular flexibility index (Phi) is 4.95. The van der Waals surface area contributed by atoms with E-state index in [1.165, 1.54) is 11.3 Å². The van der Waals surface area contributed by atoms with E-state index in [-0.39, 0.29) is 0 Å².